The van der Waals surface area contributed by atoms with Gasteiger partial charge in [-0.05, 0) is 6.92 Å². The van der Waals surface area contributed by atoms with Gasteiger partial charge < -0.3 is 19.3 Å². The van der Waals surface area contributed by atoms with Gasteiger partial charge in [-0.3, -0.25) is 0 Å². The predicted octanol–water partition coefficient (Wildman–Crippen LogP) is -0.0301. The zero-order valence-electron chi connectivity index (χ0n) is 10.4. The summed E-state index contributed by atoms with van der Waals surface area (Å²) in [6.45, 7) is 2.26. The first-order valence-electron chi connectivity index (χ1n) is 5.04. The lowest BCUT2D eigenvalue weighted by molar-refractivity contribution is -0.138. The molecule has 0 bridgehead atoms. The fourth-order valence-electron chi connectivity index (χ4n) is 0.693. The van der Waals surface area contributed by atoms with Gasteiger partial charge >= 0.3 is 17.3 Å². The molecule has 20 heavy (non-hydrogen) atoms. The Labute approximate surface area is 113 Å². The van der Waals surface area contributed by atoms with Gasteiger partial charge in [0.2, 0.25) is 0 Å². The second-order valence-electron chi connectivity index (χ2n) is 3.51. The molecule has 1 amide bonds. The van der Waals surface area contributed by atoms with Crippen molar-refractivity contribution in [2.75, 3.05) is 19.8 Å². The number of rotatable bonds is 7. The summed E-state index contributed by atoms with van der Waals surface area (Å²) in [6.07, 6.45) is -1.39. The monoisotopic (exact) mass is 316 g/mol. The number of carbonyl (C=O) groups is 2. The van der Waals surface area contributed by atoms with Crippen molar-refractivity contribution in [1.29, 1.82) is 0 Å². The first-order valence-corrected chi connectivity index (χ1v) is 6.44. The Morgan fingerprint density at radius 3 is 2.35 bits per heavy atom. The van der Waals surface area contributed by atoms with E-state index >= 15 is 0 Å². The topological polar surface area (TPSA) is 122 Å². The Morgan fingerprint density at radius 1 is 1.35 bits per heavy atom. The molecule has 0 aromatic rings. The Kier molecular flexibility index (Phi) is 6.52. The van der Waals surface area contributed by atoms with E-state index in [1.54, 1.807) is 0 Å². The van der Waals surface area contributed by atoms with Crippen molar-refractivity contribution in [3.8, 4) is 0 Å². The third kappa shape index (κ3) is 6.43. The number of alkyl halides is 2. The van der Waals surface area contributed by atoms with E-state index in [2.05, 4.69) is 16.1 Å². The van der Waals surface area contributed by atoms with E-state index in [9.17, 15) is 31.3 Å². The summed E-state index contributed by atoms with van der Waals surface area (Å²) >= 11 is 0. The van der Waals surface area contributed by atoms with Crippen LogP contribution in [0.25, 0.3) is 0 Å². The summed E-state index contributed by atoms with van der Waals surface area (Å²) in [5, 5.41) is -2.81. The van der Waals surface area contributed by atoms with Gasteiger partial charge in [-0.1, -0.05) is 6.58 Å². The highest BCUT2D eigenvalue weighted by atomic mass is 32.2. The molecule has 0 unspecified atom stereocenters. The molecule has 0 heterocycles. The molecule has 0 atom stereocenters. The van der Waals surface area contributed by atoms with Crippen LogP contribution in [0.1, 0.15) is 6.92 Å². The van der Waals surface area contributed by atoms with Gasteiger partial charge in [0.25, 0.3) is 0 Å². The number of carbonyl (C=O) groups excluding carboxylic acids is 2. The smallest absolute Gasteiger partial charge is 0.407 e. The minimum Gasteiger partial charge on any atom is -0.743 e. The lowest BCUT2D eigenvalue weighted by Crippen LogP contribution is -2.37. The normalized spacial score (nSPS) is 11.6. The van der Waals surface area contributed by atoms with E-state index in [0.29, 0.717) is 0 Å². The van der Waals surface area contributed by atoms with Crippen molar-refractivity contribution in [3.05, 3.63) is 12.2 Å². The Hall–Kier alpha value is -1.75. The molecule has 116 valence electrons. The largest absolute Gasteiger partial charge is 0.743 e. The maximum atomic E-state index is 12.6. The summed E-state index contributed by atoms with van der Waals surface area (Å²) in [5.74, 6) is -0.704. The molecule has 0 fully saturated rings. The van der Waals surface area contributed by atoms with Gasteiger partial charge in [-0.2, -0.15) is 8.78 Å². The quantitative estimate of drug-likeness (QED) is 0.303. The van der Waals surface area contributed by atoms with E-state index in [0.717, 1.165) is 0 Å². The predicted molar refractivity (Wildman–Crippen MR) is 59.8 cm³/mol. The highest BCUT2D eigenvalue weighted by molar-refractivity contribution is 7.86. The molecule has 0 aromatic carbocycles. The number of hydrogen-bond acceptors (Lipinski definition) is 7. The van der Waals surface area contributed by atoms with E-state index in [1.807, 2.05) is 5.32 Å². The molecule has 1 N–H and O–H groups in total. The number of ether oxygens (including phenoxy) is 2. The van der Waals surface area contributed by atoms with Crippen LogP contribution in [-0.4, -0.2) is 50.0 Å². The third-order valence-electron chi connectivity index (χ3n) is 1.69. The number of alkyl carbamates (subject to hydrolysis) is 1. The third-order valence-corrected chi connectivity index (χ3v) is 2.54. The Morgan fingerprint density at radius 2 is 1.90 bits per heavy atom. The van der Waals surface area contributed by atoms with Crippen LogP contribution in [0.3, 0.4) is 0 Å². The minimum absolute atomic E-state index is 0.132. The highest BCUT2D eigenvalue weighted by Gasteiger charge is 2.39. The van der Waals surface area contributed by atoms with Crippen molar-refractivity contribution >= 4 is 22.2 Å². The Balaban J connectivity index is 3.97. The van der Waals surface area contributed by atoms with Gasteiger partial charge in [-0.25, -0.2) is 18.0 Å². The average molecular weight is 316 g/mol. The van der Waals surface area contributed by atoms with Crippen LogP contribution in [0.15, 0.2) is 12.2 Å². The van der Waals surface area contributed by atoms with Crippen molar-refractivity contribution in [3.63, 3.8) is 0 Å². The van der Waals surface area contributed by atoms with E-state index < -0.39 is 34.0 Å². The van der Waals surface area contributed by atoms with Crippen LogP contribution in [0, 0.1) is 0 Å². The van der Waals surface area contributed by atoms with E-state index in [1.165, 1.54) is 6.92 Å². The van der Waals surface area contributed by atoms with Gasteiger partial charge in [-0.15, -0.1) is 0 Å². The van der Waals surface area contributed by atoms with E-state index in [4.69, 9.17) is 0 Å². The zero-order valence-corrected chi connectivity index (χ0v) is 11.2. The molecular formula is C9H12F2NO7S-. The summed E-state index contributed by atoms with van der Waals surface area (Å²) in [6, 6.07) is 0. The summed E-state index contributed by atoms with van der Waals surface area (Å²) in [4.78, 5) is 21.8. The molecule has 0 aliphatic carbocycles. The number of nitrogens with one attached hydrogen (secondary N) is 1. The summed E-state index contributed by atoms with van der Waals surface area (Å²) in [7, 11) is -5.91. The second-order valence-corrected chi connectivity index (χ2v) is 5.02. The highest BCUT2D eigenvalue weighted by Crippen LogP contribution is 2.20. The SMILES string of the molecule is C=C(C)C(=O)OCCNC(=O)OCC(F)(F)S(=O)(=O)[O-]. The first kappa shape index (κ1) is 18.2. The molecule has 0 aliphatic rings. The fourth-order valence-corrected chi connectivity index (χ4v) is 0.896. The second kappa shape index (κ2) is 7.14. The molecule has 11 heteroatoms. The molecular weight excluding hydrogens is 304 g/mol. The van der Waals surface area contributed by atoms with Crippen LogP contribution >= 0.6 is 0 Å². The molecule has 0 saturated heterocycles. The average Bonchev–Trinajstić information content (AvgIpc) is 2.30. The summed E-state index contributed by atoms with van der Waals surface area (Å²) < 4.78 is 63.8. The number of esters is 1. The zero-order chi connectivity index (χ0) is 16.0. The Bertz CT molecular complexity index is 489. The minimum atomic E-state index is -5.91. The van der Waals surface area contributed by atoms with Crippen LogP contribution in [0.2, 0.25) is 0 Å². The first-order chi connectivity index (χ1) is 8.97. The van der Waals surface area contributed by atoms with Crippen LogP contribution < -0.4 is 5.32 Å². The molecule has 8 nitrogen and oxygen atoms in total. The number of halogens is 2. The van der Waals surface area contributed by atoms with Crippen molar-refractivity contribution in [2.45, 2.75) is 12.2 Å². The van der Waals surface area contributed by atoms with E-state index in [-0.39, 0.29) is 18.7 Å². The number of amides is 1. The molecule has 0 aliphatic heterocycles. The van der Waals surface area contributed by atoms with Crippen LogP contribution in [-0.2, 0) is 24.4 Å². The molecule has 0 rings (SSSR count). The van der Waals surface area contributed by atoms with Crippen molar-refractivity contribution in [2.24, 2.45) is 0 Å². The molecule has 0 aromatic heterocycles. The van der Waals surface area contributed by atoms with Gasteiger partial charge in [0.1, 0.15) is 6.61 Å². The number of hydrogen-bond donors (Lipinski definition) is 1. The summed E-state index contributed by atoms with van der Waals surface area (Å²) in [5.41, 5.74) is 0.132. The van der Waals surface area contributed by atoms with Gasteiger partial charge in [0.15, 0.2) is 16.7 Å². The molecule has 0 radical (unpaired) electrons. The molecule has 0 spiro atoms. The van der Waals surface area contributed by atoms with Crippen LogP contribution in [0.5, 0.6) is 0 Å². The standard InChI is InChI=1S/C9H13F2NO7S/c1-6(2)7(13)18-4-3-12-8(14)19-5-9(10,11)20(15,16)17/h1,3-5H2,2H3,(H,12,14)(H,15,16,17)/p-1. The lowest BCUT2D eigenvalue weighted by atomic mass is 10.4. The van der Waals surface area contributed by atoms with Crippen molar-refractivity contribution < 1.29 is 40.8 Å². The maximum Gasteiger partial charge on any atom is 0.407 e. The van der Waals surface area contributed by atoms with Crippen molar-refractivity contribution in [1.82, 2.24) is 5.32 Å². The van der Waals surface area contributed by atoms with Crippen LogP contribution in [0.4, 0.5) is 13.6 Å². The maximum absolute atomic E-state index is 12.6. The van der Waals surface area contributed by atoms with Gasteiger partial charge in [0, 0.05) is 5.57 Å². The molecule has 0 saturated carbocycles. The van der Waals surface area contributed by atoms with Gasteiger partial charge in [0.05, 0.1) is 6.54 Å². The fraction of sp³-hybridized carbons (Fsp3) is 0.556. The lowest BCUT2D eigenvalue weighted by Gasteiger charge is -2.19.